The molecule has 1 amide bonds. The highest BCUT2D eigenvalue weighted by Crippen LogP contribution is 2.32. The molecule has 2 fully saturated rings. The predicted molar refractivity (Wildman–Crippen MR) is 93.4 cm³/mol. The van der Waals surface area contributed by atoms with Crippen LogP contribution >= 0.6 is 0 Å². The first-order valence-corrected chi connectivity index (χ1v) is 9.09. The first-order chi connectivity index (χ1) is 12.0. The summed E-state index contributed by atoms with van der Waals surface area (Å²) in [6, 6.07) is 0.410. The average Bonchev–Trinajstić information content (AvgIpc) is 3.03. The van der Waals surface area contributed by atoms with Crippen molar-refractivity contribution < 1.29 is 14.3 Å². The van der Waals surface area contributed by atoms with Gasteiger partial charge in [0.15, 0.2) is 5.79 Å². The Labute approximate surface area is 149 Å². The Morgan fingerprint density at radius 3 is 2.44 bits per heavy atom. The van der Waals surface area contributed by atoms with Crippen LogP contribution in [-0.2, 0) is 9.47 Å². The smallest absolute Gasteiger partial charge is 0.254 e. The number of piperidine rings is 1. The van der Waals surface area contributed by atoms with E-state index in [1.54, 1.807) is 0 Å². The molecule has 0 radical (unpaired) electrons. The van der Waals surface area contributed by atoms with Crippen molar-refractivity contribution in [2.24, 2.45) is 0 Å². The molecule has 1 aromatic heterocycles. The number of likely N-dealkylation sites (tertiary alicyclic amines) is 1. The Bertz CT molecular complexity index is 586. The van der Waals surface area contributed by atoms with Gasteiger partial charge in [-0.25, -0.2) is 9.97 Å². The van der Waals surface area contributed by atoms with Gasteiger partial charge in [-0.15, -0.1) is 0 Å². The molecular weight excluding hydrogens is 320 g/mol. The quantitative estimate of drug-likeness (QED) is 0.868. The van der Waals surface area contributed by atoms with Crippen LogP contribution in [0.25, 0.3) is 0 Å². The number of aryl methyl sites for hydroxylation is 2. The van der Waals surface area contributed by atoms with Gasteiger partial charge in [-0.3, -0.25) is 4.79 Å². The molecule has 0 aliphatic carbocycles. The standard InChI is InChI=1S/C18H28N4O3/c1-13(22-8-5-18(6-9-22)24-10-11-25-18)4-7-19-17(23)16-14(2)20-12-21-15(16)3/h12-13H,4-11H2,1-3H3,(H,19,23). The van der Waals surface area contributed by atoms with E-state index < -0.39 is 0 Å². The molecule has 1 spiro atoms. The van der Waals surface area contributed by atoms with Crippen LogP contribution in [0, 0.1) is 13.8 Å². The van der Waals surface area contributed by atoms with Crippen LogP contribution in [0.5, 0.6) is 0 Å². The van der Waals surface area contributed by atoms with Gasteiger partial charge >= 0.3 is 0 Å². The van der Waals surface area contributed by atoms with Crippen LogP contribution in [0.1, 0.15) is 47.9 Å². The molecule has 1 N–H and O–H groups in total. The summed E-state index contributed by atoms with van der Waals surface area (Å²) in [5, 5.41) is 3.00. The van der Waals surface area contributed by atoms with E-state index >= 15 is 0 Å². The molecule has 1 atom stereocenters. The molecule has 0 aromatic carbocycles. The summed E-state index contributed by atoms with van der Waals surface area (Å²) in [6.07, 6.45) is 4.24. The summed E-state index contributed by atoms with van der Waals surface area (Å²) < 4.78 is 11.6. The van der Waals surface area contributed by atoms with Crippen molar-refractivity contribution in [3.63, 3.8) is 0 Å². The minimum atomic E-state index is -0.327. The summed E-state index contributed by atoms with van der Waals surface area (Å²) in [5.41, 5.74) is 2.03. The lowest BCUT2D eigenvalue weighted by atomic mass is 10.0. The van der Waals surface area contributed by atoms with E-state index in [1.807, 2.05) is 13.8 Å². The number of hydrogen-bond acceptors (Lipinski definition) is 6. The molecule has 2 saturated heterocycles. The average molecular weight is 348 g/mol. The normalized spacial score (nSPS) is 21.4. The number of hydrogen-bond donors (Lipinski definition) is 1. The van der Waals surface area contributed by atoms with Crippen molar-refractivity contribution in [1.82, 2.24) is 20.2 Å². The summed E-state index contributed by atoms with van der Waals surface area (Å²) in [6.45, 7) is 9.89. The maximum Gasteiger partial charge on any atom is 0.254 e. The van der Waals surface area contributed by atoms with E-state index in [-0.39, 0.29) is 11.7 Å². The number of carbonyl (C=O) groups excluding carboxylic acids is 1. The van der Waals surface area contributed by atoms with Gasteiger partial charge in [0, 0.05) is 38.5 Å². The fourth-order valence-electron chi connectivity index (χ4n) is 3.68. The first-order valence-electron chi connectivity index (χ1n) is 9.09. The monoisotopic (exact) mass is 348 g/mol. The van der Waals surface area contributed by atoms with Gasteiger partial charge in [0.25, 0.3) is 5.91 Å². The van der Waals surface area contributed by atoms with Crippen LogP contribution in [-0.4, -0.2) is 65.5 Å². The van der Waals surface area contributed by atoms with Crippen LogP contribution in [0.2, 0.25) is 0 Å². The first kappa shape index (κ1) is 18.2. The van der Waals surface area contributed by atoms with E-state index in [0.717, 1.165) is 43.7 Å². The Kier molecular flexibility index (Phi) is 5.66. The fraction of sp³-hybridized carbons (Fsp3) is 0.722. The molecule has 7 heteroatoms. The predicted octanol–water partition coefficient (Wildman–Crippen LogP) is 1.44. The summed E-state index contributed by atoms with van der Waals surface area (Å²) >= 11 is 0. The highest BCUT2D eigenvalue weighted by Gasteiger charge is 2.40. The topological polar surface area (TPSA) is 76.6 Å². The van der Waals surface area contributed by atoms with E-state index in [9.17, 15) is 4.79 Å². The molecule has 1 aromatic rings. The van der Waals surface area contributed by atoms with Crippen molar-refractivity contribution in [3.05, 3.63) is 23.3 Å². The molecule has 1 unspecified atom stereocenters. The second kappa shape index (κ2) is 7.76. The molecule has 2 aliphatic rings. The van der Waals surface area contributed by atoms with E-state index in [0.29, 0.717) is 31.4 Å². The SMILES string of the molecule is Cc1ncnc(C)c1C(=O)NCCC(C)N1CCC2(CC1)OCCO2. The third-order valence-electron chi connectivity index (χ3n) is 5.30. The van der Waals surface area contributed by atoms with Crippen LogP contribution < -0.4 is 5.32 Å². The van der Waals surface area contributed by atoms with Gasteiger partial charge in [0.2, 0.25) is 0 Å². The fourth-order valence-corrected chi connectivity index (χ4v) is 3.68. The van der Waals surface area contributed by atoms with Crippen LogP contribution in [0.15, 0.2) is 6.33 Å². The second-order valence-electron chi connectivity index (χ2n) is 6.96. The molecular formula is C18H28N4O3. The van der Waals surface area contributed by atoms with Gasteiger partial charge in [0.1, 0.15) is 6.33 Å². The third kappa shape index (κ3) is 4.16. The lowest BCUT2D eigenvalue weighted by Gasteiger charge is -2.40. The van der Waals surface area contributed by atoms with Gasteiger partial charge in [0.05, 0.1) is 30.2 Å². The van der Waals surface area contributed by atoms with E-state index in [4.69, 9.17) is 9.47 Å². The number of rotatable bonds is 5. The minimum absolute atomic E-state index is 0.0897. The molecule has 3 heterocycles. The highest BCUT2D eigenvalue weighted by atomic mass is 16.7. The molecule has 0 saturated carbocycles. The van der Waals surface area contributed by atoms with Gasteiger partial charge in [-0.05, 0) is 27.2 Å². The Hall–Kier alpha value is -1.57. The number of amides is 1. The van der Waals surface area contributed by atoms with Crippen molar-refractivity contribution in [3.8, 4) is 0 Å². The number of carbonyl (C=O) groups is 1. The van der Waals surface area contributed by atoms with Crippen molar-refractivity contribution >= 4 is 5.91 Å². The van der Waals surface area contributed by atoms with Crippen LogP contribution in [0.3, 0.4) is 0 Å². The number of nitrogens with one attached hydrogen (secondary N) is 1. The largest absolute Gasteiger partial charge is 0.352 e. The minimum Gasteiger partial charge on any atom is -0.352 e. The zero-order chi connectivity index (χ0) is 17.9. The Morgan fingerprint density at radius 1 is 1.24 bits per heavy atom. The number of nitrogens with zero attached hydrogens (tertiary/aromatic N) is 3. The summed E-state index contributed by atoms with van der Waals surface area (Å²) in [4.78, 5) is 23.0. The maximum atomic E-state index is 12.4. The molecule has 138 valence electrons. The van der Waals surface area contributed by atoms with Crippen molar-refractivity contribution in [2.75, 3.05) is 32.8 Å². The molecule has 2 aliphatic heterocycles. The van der Waals surface area contributed by atoms with E-state index in [2.05, 4.69) is 27.1 Å². The van der Waals surface area contributed by atoms with E-state index in [1.165, 1.54) is 6.33 Å². The lowest BCUT2D eigenvalue weighted by Crippen LogP contribution is -2.48. The zero-order valence-electron chi connectivity index (χ0n) is 15.4. The summed E-state index contributed by atoms with van der Waals surface area (Å²) in [7, 11) is 0. The lowest BCUT2D eigenvalue weighted by molar-refractivity contribution is -0.187. The molecule has 0 bridgehead atoms. The molecule has 7 nitrogen and oxygen atoms in total. The molecule has 25 heavy (non-hydrogen) atoms. The number of aromatic nitrogens is 2. The highest BCUT2D eigenvalue weighted by molar-refractivity contribution is 5.96. The zero-order valence-corrected chi connectivity index (χ0v) is 15.4. The van der Waals surface area contributed by atoms with Crippen LogP contribution in [0.4, 0.5) is 0 Å². The Morgan fingerprint density at radius 2 is 1.84 bits per heavy atom. The Balaban J connectivity index is 1.44. The van der Waals surface area contributed by atoms with Gasteiger partial charge in [-0.2, -0.15) is 0 Å². The summed E-state index contributed by atoms with van der Waals surface area (Å²) in [5.74, 6) is -0.416. The second-order valence-corrected chi connectivity index (χ2v) is 6.96. The maximum absolute atomic E-state index is 12.4. The van der Waals surface area contributed by atoms with Gasteiger partial charge < -0.3 is 19.7 Å². The third-order valence-corrected chi connectivity index (χ3v) is 5.30. The molecule has 3 rings (SSSR count). The number of ether oxygens (including phenoxy) is 2. The van der Waals surface area contributed by atoms with Crippen molar-refractivity contribution in [1.29, 1.82) is 0 Å². The van der Waals surface area contributed by atoms with Crippen molar-refractivity contribution in [2.45, 2.75) is 51.9 Å². The van der Waals surface area contributed by atoms with Gasteiger partial charge in [-0.1, -0.05) is 0 Å².